The summed E-state index contributed by atoms with van der Waals surface area (Å²) in [6.07, 6.45) is 7.40. The van der Waals surface area contributed by atoms with Crippen LogP contribution in [0.15, 0.2) is 48.8 Å². The van der Waals surface area contributed by atoms with E-state index in [9.17, 15) is 13.2 Å². The average molecular weight is 431 g/mol. The van der Waals surface area contributed by atoms with Crippen LogP contribution in [0.4, 0.5) is 4.79 Å². The van der Waals surface area contributed by atoms with E-state index in [0.717, 1.165) is 36.8 Å². The lowest BCUT2D eigenvalue weighted by Crippen LogP contribution is -2.37. The van der Waals surface area contributed by atoms with Crippen molar-refractivity contribution in [3.63, 3.8) is 0 Å². The molecule has 7 nitrogen and oxygen atoms in total. The number of nitrogens with zero attached hydrogens (tertiary/aromatic N) is 2. The molecule has 30 heavy (non-hydrogen) atoms. The number of amides is 2. The van der Waals surface area contributed by atoms with Crippen molar-refractivity contribution in [3.05, 3.63) is 65.5 Å². The Morgan fingerprint density at radius 1 is 1.00 bits per heavy atom. The zero-order chi connectivity index (χ0) is 21.2. The molecular formula is C22H30N4O3S. The fraction of sp³-hybridized carbons (Fsp3) is 0.455. The van der Waals surface area contributed by atoms with Crippen LogP contribution >= 0.6 is 0 Å². The zero-order valence-electron chi connectivity index (χ0n) is 17.2. The van der Waals surface area contributed by atoms with Crippen molar-refractivity contribution in [2.75, 3.05) is 18.8 Å². The molecule has 0 bridgehead atoms. The highest BCUT2D eigenvalue weighted by Gasteiger charge is 2.25. The highest BCUT2D eigenvalue weighted by molar-refractivity contribution is 7.89. The van der Waals surface area contributed by atoms with E-state index in [1.54, 1.807) is 16.7 Å². The number of carbonyl (C=O) groups is 1. The molecule has 0 saturated heterocycles. The van der Waals surface area contributed by atoms with Crippen molar-refractivity contribution in [2.45, 2.75) is 45.2 Å². The fourth-order valence-corrected chi connectivity index (χ4v) is 5.08. The molecule has 0 spiro atoms. The Bertz CT molecular complexity index is 919. The van der Waals surface area contributed by atoms with Crippen LogP contribution in [0.25, 0.3) is 0 Å². The summed E-state index contributed by atoms with van der Waals surface area (Å²) < 4.78 is 26.9. The Hall–Kier alpha value is -2.45. The van der Waals surface area contributed by atoms with E-state index < -0.39 is 10.0 Å². The quantitative estimate of drug-likeness (QED) is 0.567. The van der Waals surface area contributed by atoms with Crippen molar-refractivity contribution >= 4 is 16.1 Å². The molecule has 1 aliphatic rings. The number of carbonyl (C=O) groups excluding carboxylic acids is 1. The SMILES string of the molecule is O=C(NCCCCCCS(=O)(=O)N1CCc2ccccc2C1)NCc1cccnc1. The summed E-state index contributed by atoms with van der Waals surface area (Å²) in [5.74, 6) is 0.189. The molecule has 2 aromatic rings. The summed E-state index contributed by atoms with van der Waals surface area (Å²) >= 11 is 0. The lowest BCUT2D eigenvalue weighted by Gasteiger charge is -2.28. The third-order valence-corrected chi connectivity index (χ3v) is 7.18. The summed E-state index contributed by atoms with van der Waals surface area (Å²) in [7, 11) is -3.22. The maximum Gasteiger partial charge on any atom is 0.315 e. The molecule has 2 amide bonds. The van der Waals surface area contributed by atoms with Gasteiger partial charge in [-0.15, -0.1) is 0 Å². The van der Waals surface area contributed by atoms with Crippen LogP contribution in [0.5, 0.6) is 0 Å². The number of nitrogens with one attached hydrogen (secondary N) is 2. The molecule has 0 unspecified atom stereocenters. The van der Waals surface area contributed by atoms with E-state index in [-0.39, 0.29) is 11.8 Å². The summed E-state index contributed by atoms with van der Waals surface area (Å²) in [6.45, 7) is 2.07. The lowest BCUT2D eigenvalue weighted by atomic mass is 10.0. The zero-order valence-corrected chi connectivity index (χ0v) is 18.0. The molecule has 0 saturated carbocycles. The van der Waals surface area contributed by atoms with Crippen LogP contribution < -0.4 is 10.6 Å². The second-order valence-corrected chi connectivity index (χ2v) is 9.64. The number of benzene rings is 1. The maximum absolute atomic E-state index is 12.6. The van der Waals surface area contributed by atoms with Gasteiger partial charge in [0, 0.05) is 38.6 Å². The second-order valence-electron chi connectivity index (χ2n) is 7.55. The van der Waals surface area contributed by atoms with Crippen molar-refractivity contribution in [1.29, 1.82) is 0 Å². The van der Waals surface area contributed by atoms with Crippen molar-refractivity contribution < 1.29 is 13.2 Å². The summed E-state index contributed by atoms with van der Waals surface area (Å²) in [5, 5.41) is 5.61. The van der Waals surface area contributed by atoms with Gasteiger partial charge in [-0.3, -0.25) is 4.98 Å². The number of hydrogen-bond donors (Lipinski definition) is 2. The Morgan fingerprint density at radius 2 is 1.80 bits per heavy atom. The molecule has 2 N–H and O–H groups in total. The molecule has 0 fully saturated rings. The number of sulfonamides is 1. The molecule has 1 aromatic carbocycles. The molecule has 0 radical (unpaired) electrons. The van der Waals surface area contributed by atoms with Gasteiger partial charge in [0.15, 0.2) is 0 Å². The average Bonchev–Trinajstić information content (AvgIpc) is 2.77. The highest BCUT2D eigenvalue weighted by Crippen LogP contribution is 2.21. The van der Waals surface area contributed by atoms with Gasteiger partial charge in [-0.25, -0.2) is 13.2 Å². The topological polar surface area (TPSA) is 91.4 Å². The number of aromatic nitrogens is 1. The third kappa shape index (κ3) is 6.81. The van der Waals surface area contributed by atoms with Crippen LogP contribution in [0.3, 0.4) is 0 Å². The molecular weight excluding hydrogens is 400 g/mol. The summed E-state index contributed by atoms with van der Waals surface area (Å²) in [4.78, 5) is 15.8. The first-order valence-corrected chi connectivity index (χ1v) is 12.1. The Balaban J connectivity index is 1.26. The standard InChI is InChI=1S/C22H30N4O3S/c27-22(25-17-19-8-7-12-23-16-19)24-13-5-1-2-6-15-30(28,29)26-14-11-20-9-3-4-10-21(20)18-26/h3-4,7-10,12,16H,1-2,5-6,11,13-15,17-18H2,(H2,24,25,27). The first-order chi connectivity index (χ1) is 14.5. The highest BCUT2D eigenvalue weighted by atomic mass is 32.2. The lowest BCUT2D eigenvalue weighted by molar-refractivity contribution is 0.240. The Morgan fingerprint density at radius 3 is 2.60 bits per heavy atom. The minimum Gasteiger partial charge on any atom is -0.338 e. The van der Waals surface area contributed by atoms with Gasteiger partial charge in [0.1, 0.15) is 0 Å². The molecule has 1 aromatic heterocycles. The van der Waals surface area contributed by atoms with Gasteiger partial charge in [0.2, 0.25) is 10.0 Å². The maximum atomic E-state index is 12.6. The third-order valence-electron chi connectivity index (χ3n) is 5.28. The van der Waals surface area contributed by atoms with Gasteiger partial charge in [-0.2, -0.15) is 4.31 Å². The number of urea groups is 1. The molecule has 162 valence electrons. The van der Waals surface area contributed by atoms with Crippen LogP contribution in [0, 0.1) is 0 Å². The first kappa shape index (κ1) is 22.2. The smallest absolute Gasteiger partial charge is 0.315 e. The largest absolute Gasteiger partial charge is 0.338 e. The molecule has 2 heterocycles. The van der Waals surface area contributed by atoms with Crippen LogP contribution in [-0.2, 0) is 29.5 Å². The minimum atomic E-state index is -3.22. The van der Waals surface area contributed by atoms with Crippen LogP contribution in [0.1, 0.15) is 42.4 Å². The van der Waals surface area contributed by atoms with E-state index in [4.69, 9.17) is 0 Å². The Kier molecular flexibility index (Phi) is 8.21. The van der Waals surface area contributed by atoms with Gasteiger partial charge < -0.3 is 10.6 Å². The summed E-state index contributed by atoms with van der Waals surface area (Å²) in [6, 6.07) is 11.6. The number of pyridine rings is 1. The van der Waals surface area contributed by atoms with Crippen LogP contribution in [-0.4, -0.2) is 42.6 Å². The number of rotatable bonds is 10. The van der Waals surface area contributed by atoms with Gasteiger partial charge in [-0.05, 0) is 42.0 Å². The molecule has 1 aliphatic heterocycles. The molecule has 3 rings (SSSR count). The fourth-order valence-electron chi connectivity index (χ4n) is 3.55. The first-order valence-electron chi connectivity index (χ1n) is 10.5. The monoisotopic (exact) mass is 430 g/mol. The normalized spacial score (nSPS) is 14.1. The van der Waals surface area contributed by atoms with Crippen molar-refractivity contribution in [2.24, 2.45) is 0 Å². The minimum absolute atomic E-state index is 0.189. The van der Waals surface area contributed by atoms with E-state index in [1.807, 2.05) is 30.3 Å². The number of fused-ring (bicyclic) bond motifs is 1. The molecule has 0 aliphatic carbocycles. The van der Waals surface area contributed by atoms with Gasteiger partial charge >= 0.3 is 6.03 Å². The summed E-state index contributed by atoms with van der Waals surface area (Å²) in [5.41, 5.74) is 3.31. The van der Waals surface area contributed by atoms with Gasteiger partial charge in [-0.1, -0.05) is 43.2 Å². The molecule has 8 heteroatoms. The van der Waals surface area contributed by atoms with Crippen molar-refractivity contribution in [1.82, 2.24) is 19.9 Å². The van der Waals surface area contributed by atoms with Gasteiger partial charge in [0.25, 0.3) is 0 Å². The number of unbranched alkanes of at least 4 members (excludes halogenated alkanes) is 3. The Labute approximate surface area is 178 Å². The van der Waals surface area contributed by atoms with Crippen molar-refractivity contribution in [3.8, 4) is 0 Å². The molecule has 0 atom stereocenters. The number of hydrogen-bond acceptors (Lipinski definition) is 4. The second kappa shape index (κ2) is 11.1. The van der Waals surface area contributed by atoms with E-state index >= 15 is 0 Å². The van der Waals surface area contributed by atoms with Gasteiger partial charge in [0.05, 0.1) is 5.75 Å². The predicted molar refractivity (Wildman–Crippen MR) is 117 cm³/mol. The van der Waals surface area contributed by atoms with E-state index in [2.05, 4.69) is 21.7 Å². The van der Waals surface area contributed by atoms with E-state index in [1.165, 1.54) is 5.56 Å². The van der Waals surface area contributed by atoms with Crippen LogP contribution in [0.2, 0.25) is 0 Å². The van der Waals surface area contributed by atoms with E-state index in [0.29, 0.717) is 32.6 Å². The predicted octanol–water partition coefficient (Wildman–Crippen LogP) is 2.83.